The number of nitrogen functional groups attached to an aromatic ring is 1. The lowest BCUT2D eigenvalue weighted by molar-refractivity contribution is -0.0927. The molecule has 0 fully saturated rings. The van der Waals surface area contributed by atoms with Crippen molar-refractivity contribution in [3.63, 3.8) is 0 Å². The number of aromatic amines is 1. The monoisotopic (exact) mass is 460 g/mol. The van der Waals surface area contributed by atoms with Crippen LogP contribution < -0.4 is 10.5 Å². The molecule has 0 amide bonds. The second-order valence-corrected chi connectivity index (χ2v) is 7.10. The van der Waals surface area contributed by atoms with Crippen molar-refractivity contribution in [3.05, 3.63) is 60.8 Å². The van der Waals surface area contributed by atoms with Crippen LogP contribution in [0.1, 0.15) is 6.42 Å². The van der Waals surface area contributed by atoms with Crippen LogP contribution in [-0.4, -0.2) is 38.6 Å². The van der Waals surface area contributed by atoms with E-state index in [1.165, 1.54) is 30.1 Å². The maximum Gasteiger partial charge on any atom is 0.413 e. The van der Waals surface area contributed by atoms with Crippen LogP contribution in [0.4, 0.5) is 24.9 Å². The Morgan fingerprint density at radius 1 is 1.28 bits per heavy atom. The number of aromatic nitrogens is 4. The van der Waals surface area contributed by atoms with Gasteiger partial charge in [-0.15, -0.1) is 6.58 Å². The summed E-state index contributed by atoms with van der Waals surface area (Å²) in [5.74, 6) is 1.36. The molecule has 1 aromatic carbocycles. The highest BCUT2D eigenvalue weighted by molar-refractivity contribution is 7.98. The van der Waals surface area contributed by atoms with E-state index >= 15 is 0 Å². The summed E-state index contributed by atoms with van der Waals surface area (Å²) in [4.78, 5) is 19.2. The SMILES string of the molecule is C=CC/C(=C\C=Nc1ncc(-c2ccc(Oc3cc(N)nc(SC)n3)cc2)[nH]1)C(F)(F)F. The van der Waals surface area contributed by atoms with Gasteiger partial charge in [0.1, 0.15) is 11.6 Å². The number of H-pyrrole nitrogens is 1. The van der Waals surface area contributed by atoms with Gasteiger partial charge in [-0.3, -0.25) is 0 Å². The van der Waals surface area contributed by atoms with E-state index in [9.17, 15) is 13.2 Å². The molecule has 32 heavy (non-hydrogen) atoms. The number of allylic oxidation sites excluding steroid dienone is 3. The van der Waals surface area contributed by atoms with E-state index in [1.54, 1.807) is 24.3 Å². The van der Waals surface area contributed by atoms with Gasteiger partial charge >= 0.3 is 6.18 Å². The van der Waals surface area contributed by atoms with Crippen molar-refractivity contribution in [3.8, 4) is 22.9 Å². The van der Waals surface area contributed by atoms with Gasteiger partial charge < -0.3 is 15.5 Å². The number of nitrogens with one attached hydrogen (secondary N) is 1. The van der Waals surface area contributed by atoms with E-state index in [1.807, 2.05) is 6.26 Å². The highest BCUT2D eigenvalue weighted by Crippen LogP contribution is 2.28. The van der Waals surface area contributed by atoms with Gasteiger partial charge in [0.25, 0.3) is 0 Å². The average molecular weight is 460 g/mol. The molecular formula is C21H19F3N6OS. The van der Waals surface area contributed by atoms with Gasteiger partial charge in [0.05, 0.1) is 11.9 Å². The third-order valence-corrected chi connectivity index (χ3v) is 4.58. The molecule has 7 nitrogen and oxygen atoms in total. The third kappa shape index (κ3) is 6.20. The molecule has 0 saturated heterocycles. The average Bonchev–Trinajstić information content (AvgIpc) is 3.21. The van der Waals surface area contributed by atoms with Crippen LogP contribution in [0.5, 0.6) is 11.6 Å². The van der Waals surface area contributed by atoms with Crippen molar-refractivity contribution in [2.24, 2.45) is 4.99 Å². The van der Waals surface area contributed by atoms with E-state index < -0.39 is 11.7 Å². The number of thioether (sulfide) groups is 1. The first-order chi connectivity index (χ1) is 15.3. The van der Waals surface area contributed by atoms with Crippen molar-refractivity contribution in [1.82, 2.24) is 19.9 Å². The van der Waals surface area contributed by atoms with Crippen molar-refractivity contribution in [2.45, 2.75) is 17.8 Å². The predicted octanol–water partition coefficient (Wildman–Crippen LogP) is 5.73. The summed E-state index contributed by atoms with van der Waals surface area (Å²) in [7, 11) is 0. The van der Waals surface area contributed by atoms with Crippen LogP contribution in [0.25, 0.3) is 11.3 Å². The number of aliphatic imine (C=N–C) groups is 1. The Labute approximate surface area is 186 Å². The smallest absolute Gasteiger partial charge is 0.413 e. The molecule has 0 saturated carbocycles. The first-order valence-corrected chi connectivity index (χ1v) is 10.4. The lowest BCUT2D eigenvalue weighted by atomic mass is 10.2. The zero-order chi connectivity index (χ0) is 23.1. The van der Waals surface area contributed by atoms with Crippen LogP contribution in [0.2, 0.25) is 0 Å². The van der Waals surface area contributed by atoms with Crippen molar-refractivity contribution < 1.29 is 17.9 Å². The lowest BCUT2D eigenvalue weighted by Crippen LogP contribution is -2.11. The summed E-state index contributed by atoms with van der Waals surface area (Å²) >= 11 is 1.35. The third-order valence-electron chi connectivity index (χ3n) is 4.04. The maximum atomic E-state index is 12.9. The summed E-state index contributed by atoms with van der Waals surface area (Å²) in [6.07, 6.45) is 1.78. The number of imidazole rings is 1. The second-order valence-electron chi connectivity index (χ2n) is 6.33. The Hall–Kier alpha value is -3.60. The van der Waals surface area contributed by atoms with Crippen LogP contribution in [-0.2, 0) is 0 Å². The number of nitrogens with two attached hydrogens (primary N) is 1. The Kier molecular flexibility index (Phi) is 7.31. The molecular weight excluding hydrogens is 441 g/mol. The minimum Gasteiger partial charge on any atom is -0.439 e. The first kappa shape index (κ1) is 23.1. The molecule has 2 aromatic heterocycles. The van der Waals surface area contributed by atoms with Crippen molar-refractivity contribution in [1.29, 1.82) is 0 Å². The number of alkyl halides is 3. The largest absolute Gasteiger partial charge is 0.439 e. The summed E-state index contributed by atoms with van der Waals surface area (Å²) in [5, 5.41) is 0.504. The molecule has 3 aromatic rings. The topological polar surface area (TPSA) is 102 Å². The summed E-state index contributed by atoms with van der Waals surface area (Å²) in [6.45, 7) is 3.33. The summed E-state index contributed by atoms with van der Waals surface area (Å²) < 4.78 is 44.3. The van der Waals surface area contributed by atoms with E-state index in [4.69, 9.17) is 10.5 Å². The maximum absolute atomic E-state index is 12.9. The Morgan fingerprint density at radius 3 is 2.69 bits per heavy atom. The second kappa shape index (κ2) is 10.1. The molecule has 0 radical (unpaired) electrons. The normalized spacial score (nSPS) is 12.3. The molecule has 11 heteroatoms. The summed E-state index contributed by atoms with van der Waals surface area (Å²) in [5.41, 5.74) is 6.44. The zero-order valence-corrected chi connectivity index (χ0v) is 17.7. The van der Waals surface area contributed by atoms with Gasteiger partial charge in [0.15, 0.2) is 5.16 Å². The van der Waals surface area contributed by atoms with Crippen molar-refractivity contribution >= 4 is 29.7 Å². The van der Waals surface area contributed by atoms with Gasteiger partial charge in [0, 0.05) is 17.9 Å². The number of nitrogens with zero attached hydrogens (tertiary/aromatic N) is 4. The van der Waals surface area contributed by atoms with Crippen LogP contribution in [0.3, 0.4) is 0 Å². The molecule has 3 N–H and O–H groups in total. The molecule has 0 unspecified atom stereocenters. The van der Waals surface area contributed by atoms with Gasteiger partial charge in [-0.25, -0.2) is 15.0 Å². The standard InChI is InChI=1S/C21H19F3N6OS/c1-3-4-14(21(22,23)24)9-10-26-19-27-12-16(28-19)13-5-7-15(8-6-13)31-18-11-17(25)29-20(30-18)32-2/h3,5-12H,1,4H2,2H3,(H,27,28)(H2,25,29,30)/b14-9+,26-10?. The molecule has 0 spiro atoms. The fourth-order valence-corrected chi connectivity index (χ4v) is 2.92. The predicted molar refractivity (Wildman–Crippen MR) is 119 cm³/mol. The van der Waals surface area contributed by atoms with Crippen LogP contribution in [0.15, 0.2) is 71.0 Å². The number of ether oxygens (including phenoxy) is 1. The molecule has 0 aliphatic carbocycles. The van der Waals surface area contributed by atoms with Crippen molar-refractivity contribution in [2.75, 3.05) is 12.0 Å². The highest BCUT2D eigenvalue weighted by Gasteiger charge is 2.31. The quantitative estimate of drug-likeness (QED) is 0.193. The number of hydrogen-bond acceptors (Lipinski definition) is 7. The Morgan fingerprint density at radius 2 is 2.03 bits per heavy atom. The zero-order valence-electron chi connectivity index (χ0n) is 16.9. The minimum atomic E-state index is -4.44. The fraction of sp³-hybridized carbons (Fsp3) is 0.143. The van der Waals surface area contributed by atoms with Gasteiger partial charge in [-0.2, -0.15) is 18.2 Å². The number of benzene rings is 1. The number of halogens is 3. The van der Waals surface area contributed by atoms with Gasteiger partial charge in [-0.1, -0.05) is 17.8 Å². The number of hydrogen-bond donors (Lipinski definition) is 2. The van der Waals surface area contributed by atoms with E-state index in [2.05, 4.69) is 31.5 Å². The molecule has 166 valence electrons. The van der Waals surface area contributed by atoms with E-state index in [-0.39, 0.29) is 12.4 Å². The highest BCUT2D eigenvalue weighted by atomic mass is 32.2. The van der Waals surface area contributed by atoms with Crippen LogP contribution in [0, 0.1) is 0 Å². The van der Waals surface area contributed by atoms with Crippen LogP contribution >= 0.6 is 11.8 Å². The molecule has 0 aliphatic rings. The summed E-state index contributed by atoms with van der Waals surface area (Å²) in [6, 6.07) is 8.60. The number of anilines is 1. The molecule has 3 rings (SSSR count). The minimum absolute atomic E-state index is 0.178. The molecule has 0 aliphatic heterocycles. The lowest BCUT2D eigenvalue weighted by Gasteiger charge is -2.07. The van der Waals surface area contributed by atoms with E-state index in [0.717, 1.165) is 17.9 Å². The van der Waals surface area contributed by atoms with Gasteiger partial charge in [-0.05, 0) is 48.6 Å². The molecule has 2 heterocycles. The molecule has 0 bridgehead atoms. The Bertz CT molecular complexity index is 1140. The molecule has 0 atom stereocenters. The van der Waals surface area contributed by atoms with Gasteiger partial charge in [0.2, 0.25) is 11.8 Å². The van der Waals surface area contributed by atoms with E-state index in [0.29, 0.717) is 28.3 Å². The first-order valence-electron chi connectivity index (χ1n) is 9.21. The fourth-order valence-electron chi connectivity index (χ4n) is 2.54. The number of rotatable bonds is 8. The Balaban J connectivity index is 1.70.